The Bertz CT molecular complexity index is 6630. The van der Waals surface area contributed by atoms with Crippen LogP contribution in [0.25, 0.3) is 165 Å². The fourth-order valence-electron chi connectivity index (χ4n) is 19.8. The molecule has 506 valence electrons. The predicted octanol–water partition coefficient (Wildman–Crippen LogP) is 29.0. The first-order chi connectivity index (χ1) is 51.4. The lowest BCUT2D eigenvalue weighted by atomic mass is 9.79. The van der Waals surface area contributed by atoms with Gasteiger partial charge in [0.15, 0.2) is 0 Å². The number of hydrogen-bond donors (Lipinski definition) is 0. The van der Waals surface area contributed by atoms with Gasteiger partial charge in [-0.3, -0.25) is 0 Å². The molecule has 17 aromatic rings. The van der Waals surface area contributed by atoms with Crippen molar-refractivity contribution in [3.63, 3.8) is 0 Å². The van der Waals surface area contributed by atoms with Gasteiger partial charge < -0.3 is 0 Å². The highest BCUT2D eigenvalue weighted by Gasteiger charge is 2.41. The lowest BCUT2D eigenvalue weighted by Gasteiger charge is -2.24. The fraction of sp³-hybridized carbons (Fsp3) is 0.132. The summed E-state index contributed by atoms with van der Waals surface area (Å²) in [6.07, 6.45) is 0. The Balaban J connectivity index is 0.000000141. The number of aryl methyl sites for hydroxylation is 2. The zero-order valence-electron chi connectivity index (χ0n) is 62.0. The molecule has 4 aliphatic carbocycles. The van der Waals surface area contributed by atoms with Crippen molar-refractivity contribution in [3.8, 4) is 111 Å². The summed E-state index contributed by atoms with van der Waals surface area (Å²) >= 11 is 0. The van der Waals surface area contributed by atoms with E-state index in [1.54, 1.807) is 0 Å². The van der Waals surface area contributed by atoms with Crippen molar-refractivity contribution < 1.29 is 0 Å². The average molecular weight is 1360 g/mol. The Hall–Kier alpha value is -12.0. The minimum absolute atomic E-state index is 0.0555. The second-order valence-corrected chi connectivity index (χ2v) is 32.7. The molecular weight excluding hydrogens is 1270 g/mol. The molecule has 0 atom stereocenters. The Morgan fingerprint density at radius 2 is 0.434 bits per heavy atom. The molecule has 0 aliphatic heterocycles. The Morgan fingerprint density at radius 1 is 0.160 bits per heavy atom. The lowest BCUT2D eigenvalue weighted by Crippen LogP contribution is -2.15. The molecule has 0 unspecified atom stereocenters. The SMILES string of the molecule is Cc1ccc2c(-c3ccc4c(c3)C(C)(C)c3cc(-c5cccc6ccccc56)ccc3-4)c3ccccc3c(-c3ccc4c(c3)C(C)(C)c3ccccc3-4)c2c1.Cc1ccc2c(-c3ccc4c(c3)C(C)(C)c3cc(-c5ccccc5)ccc3-4)c3ccccc3c(-c3ccc4c(c3)C(C)(C)c3ccccc3-4)c2c1. The van der Waals surface area contributed by atoms with Gasteiger partial charge in [0.25, 0.3) is 0 Å². The van der Waals surface area contributed by atoms with Crippen LogP contribution in [0, 0.1) is 13.8 Å². The molecule has 0 fully saturated rings. The van der Waals surface area contributed by atoms with E-state index in [4.69, 9.17) is 0 Å². The van der Waals surface area contributed by atoms with Gasteiger partial charge in [0.1, 0.15) is 0 Å². The molecule has 106 heavy (non-hydrogen) atoms. The number of benzene rings is 17. The van der Waals surface area contributed by atoms with E-state index in [9.17, 15) is 0 Å². The van der Waals surface area contributed by atoms with Crippen molar-refractivity contribution in [2.45, 2.75) is 90.9 Å². The standard InChI is InChI=1S/C55H42.C51H40/c1-33-21-25-46-47(29-33)53(37-24-27-41-40-16-10-11-20-48(40)54(2,3)50(41)32-37)45-18-9-8-17-44(45)52(46)36-23-28-43-42-26-22-35(30-49(42)55(4,5)51(43)31-36)39-19-12-14-34-13-6-7-15-38(34)39;1-31-19-23-42-43(27-31)49(35-22-25-37-36-15-11-12-18-44(36)50(2,3)46(37)30-35)41-17-10-9-16-40(41)48(42)34-21-26-39-38-24-20-33(32-13-7-6-8-14-32)28-45(38)51(4,5)47(39)29-34/h6-32H,1-5H3;6-30H,1-5H3. The van der Waals surface area contributed by atoms with Crippen LogP contribution < -0.4 is 0 Å². The fourth-order valence-corrected chi connectivity index (χ4v) is 19.8. The maximum absolute atomic E-state index is 2.50. The van der Waals surface area contributed by atoms with E-state index in [1.165, 1.54) is 221 Å². The van der Waals surface area contributed by atoms with Gasteiger partial charge in [-0.25, -0.2) is 0 Å². The minimum Gasteiger partial charge on any atom is -0.0622 e. The normalized spacial score (nSPS) is 14.6. The summed E-state index contributed by atoms with van der Waals surface area (Å²) < 4.78 is 0. The summed E-state index contributed by atoms with van der Waals surface area (Å²) in [4.78, 5) is 0. The third kappa shape index (κ3) is 9.39. The monoisotopic (exact) mass is 1350 g/mol. The van der Waals surface area contributed by atoms with Crippen LogP contribution in [0.1, 0.15) is 111 Å². The van der Waals surface area contributed by atoms with Crippen LogP contribution in [0.3, 0.4) is 0 Å². The van der Waals surface area contributed by atoms with Crippen LogP contribution in [-0.2, 0) is 21.7 Å². The molecule has 0 aromatic heterocycles. The van der Waals surface area contributed by atoms with Gasteiger partial charge in [0.2, 0.25) is 0 Å². The number of fused-ring (bicyclic) bond motifs is 17. The minimum atomic E-state index is -0.155. The molecule has 0 spiro atoms. The summed E-state index contributed by atoms with van der Waals surface area (Å²) in [6.45, 7) is 23.6. The second-order valence-electron chi connectivity index (χ2n) is 32.7. The van der Waals surface area contributed by atoms with Crippen molar-refractivity contribution in [2.75, 3.05) is 0 Å². The highest BCUT2D eigenvalue weighted by atomic mass is 14.4. The van der Waals surface area contributed by atoms with Crippen LogP contribution in [-0.4, -0.2) is 0 Å². The maximum atomic E-state index is 2.50. The number of hydrogen-bond acceptors (Lipinski definition) is 0. The van der Waals surface area contributed by atoms with Crippen molar-refractivity contribution >= 4 is 53.9 Å². The van der Waals surface area contributed by atoms with Crippen LogP contribution in [0.15, 0.2) is 315 Å². The first kappa shape index (κ1) is 63.7. The maximum Gasteiger partial charge on any atom is 0.0159 e. The third-order valence-corrected chi connectivity index (χ3v) is 25.2. The average Bonchev–Trinajstić information content (AvgIpc) is 1.18. The molecule has 4 aliphatic rings. The Labute approximate surface area is 623 Å². The first-order valence-corrected chi connectivity index (χ1v) is 37.9. The van der Waals surface area contributed by atoms with Crippen LogP contribution in [0.4, 0.5) is 0 Å². The molecule has 0 heterocycles. The quantitative estimate of drug-likeness (QED) is 0.146. The molecular formula is C106H82. The van der Waals surface area contributed by atoms with Gasteiger partial charge in [-0.15, -0.1) is 0 Å². The molecule has 0 amide bonds. The predicted molar refractivity (Wildman–Crippen MR) is 453 cm³/mol. The molecule has 0 N–H and O–H groups in total. The van der Waals surface area contributed by atoms with Gasteiger partial charge in [-0.05, 0) is 260 Å². The molecule has 0 saturated carbocycles. The van der Waals surface area contributed by atoms with Gasteiger partial charge in [0, 0.05) is 21.7 Å². The van der Waals surface area contributed by atoms with Gasteiger partial charge in [-0.2, -0.15) is 0 Å². The largest absolute Gasteiger partial charge is 0.0622 e. The molecule has 0 nitrogen and oxygen atoms in total. The topological polar surface area (TPSA) is 0 Å². The summed E-state index contributed by atoms with van der Waals surface area (Å²) in [5, 5.41) is 13.0. The van der Waals surface area contributed by atoms with E-state index < -0.39 is 0 Å². The van der Waals surface area contributed by atoms with E-state index in [1.807, 2.05) is 0 Å². The summed E-state index contributed by atoms with van der Waals surface area (Å²) in [5.41, 5.74) is 39.7. The molecule has 21 rings (SSSR count). The Kier molecular flexibility index (Phi) is 14.0. The van der Waals surface area contributed by atoms with Crippen LogP contribution >= 0.6 is 0 Å². The van der Waals surface area contributed by atoms with Crippen LogP contribution in [0.2, 0.25) is 0 Å². The number of rotatable bonds is 6. The van der Waals surface area contributed by atoms with Crippen LogP contribution in [0.5, 0.6) is 0 Å². The third-order valence-electron chi connectivity index (χ3n) is 25.2. The summed E-state index contributed by atoms with van der Waals surface area (Å²) in [7, 11) is 0. The second kappa shape index (κ2) is 23.3. The smallest absolute Gasteiger partial charge is 0.0159 e. The van der Waals surface area contributed by atoms with Crippen molar-refractivity contribution in [3.05, 3.63) is 371 Å². The summed E-state index contributed by atoms with van der Waals surface area (Å²) in [5.74, 6) is 0. The zero-order chi connectivity index (χ0) is 71.9. The molecule has 0 radical (unpaired) electrons. The van der Waals surface area contributed by atoms with E-state index in [0.29, 0.717) is 0 Å². The van der Waals surface area contributed by atoms with Crippen molar-refractivity contribution in [1.29, 1.82) is 0 Å². The van der Waals surface area contributed by atoms with E-state index in [2.05, 4.69) is 385 Å². The first-order valence-electron chi connectivity index (χ1n) is 37.9. The van der Waals surface area contributed by atoms with Gasteiger partial charge >= 0.3 is 0 Å². The molecule has 0 saturated heterocycles. The molecule has 0 bridgehead atoms. The van der Waals surface area contributed by atoms with E-state index >= 15 is 0 Å². The van der Waals surface area contributed by atoms with Crippen molar-refractivity contribution in [1.82, 2.24) is 0 Å². The molecule has 17 aromatic carbocycles. The van der Waals surface area contributed by atoms with Crippen molar-refractivity contribution in [2.24, 2.45) is 0 Å². The molecule has 0 heteroatoms. The highest BCUT2D eigenvalue weighted by Crippen LogP contribution is 2.58. The van der Waals surface area contributed by atoms with E-state index in [0.717, 1.165) is 0 Å². The Morgan fingerprint density at radius 3 is 0.849 bits per heavy atom. The summed E-state index contributed by atoms with van der Waals surface area (Å²) in [6, 6.07) is 119. The van der Waals surface area contributed by atoms with Gasteiger partial charge in [0.05, 0.1) is 0 Å². The lowest BCUT2D eigenvalue weighted by molar-refractivity contribution is 0.660. The van der Waals surface area contributed by atoms with E-state index in [-0.39, 0.29) is 21.7 Å². The van der Waals surface area contributed by atoms with Gasteiger partial charge in [-0.1, -0.05) is 346 Å². The zero-order valence-corrected chi connectivity index (χ0v) is 62.0. The highest BCUT2D eigenvalue weighted by molar-refractivity contribution is 6.23.